The summed E-state index contributed by atoms with van der Waals surface area (Å²) in [4.78, 5) is 24.4. The van der Waals surface area contributed by atoms with Crippen molar-refractivity contribution in [1.82, 2.24) is 15.0 Å². The molecule has 2 aliphatic carbocycles. The van der Waals surface area contributed by atoms with E-state index >= 15 is 0 Å². The molecule has 2 aliphatic rings. The van der Waals surface area contributed by atoms with Gasteiger partial charge in [-0.15, -0.1) is 12.4 Å². The van der Waals surface area contributed by atoms with Gasteiger partial charge in [0.1, 0.15) is 17.5 Å². The number of aliphatic hydroxyl groups excluding tert-OH is 3. The van der Waals surface area contributed by atoms with Gasteiger partial charge in [-0.1, -0.05) is 6.07 Å². The fraction of sp³-hybridized carbons (Fsp3) is 0.526. The molecule has 2 fully saturated rings. The topological polar surface area (TPSA) is 143 Å². The molecule has 158 valence electrons. The molecule has 0 spiro atoms. The van der Waals surface area contributed by atoms with Gasteiger partial charge in [0, 0.05) is 24.8 Å². The number of rotatable bonds is 6. The third-order valence-corrected chi connectivity index (χ3v) is 5.64. The molecule has 10 heteroatoms. The van der Waals surface area contributed by atoms with Crippen LogP contribution in [0.1, 0.15) is 25.7 Å². The van der Waals surface area contributed by atoms with E-state index in [0.29, 0.717) is 23.9 Å². The number of anilines is 2. The maximum absolute atomic E-state index is 12.8. The van der Waals surface area contributed by atoms with Crippen LogP contribution in [0, 0.1) is 5.92 Å². The Kier molecular flexibility index (Phi) is 6.74. The Labute approximate surface area is 174 Å². The SMILES string of the molecule is Cl.O=c1[nH]c(NC2CCC2)nc(N[C@@H]2C[C@H](CO)[C@@H](O)[C@H]2O)c1-c1ccccn1. The van der Waals surface area contributed by atoms with Crippen LogP contribution in [0.15, 0.2) is 29.2 Å². The van der Waals surface area contributed by atoms with Crippen LogP contribution >= 0.6 is 12.4 Å². The monoisotopic (exact) mass is 423 g/mol. The van der Waals surface area contributed by atoms with Crippen LogP contribution in [-0.4, -0.2) is 61.2 Å². The van der Waals surface area contributed by atoms with Crippen LogP contribution in [0.5, 0.6) is 0 Å². The normalized spacial score (nSPS) is 26.4. The first-order valence-corrected chi connectivity index (χ1v) is 9.62. The number of aliphatic hydroxyl groups is 3. The first-order valence-electron chi connectivity index (χ1n) is 9.62. The van der Waals surface area contributed by atoms with Gasteiger partial charge in [-0.3, -0.25) is 14.8 Å². The molecule has 2 aromatic heterocycles. The van der Waals surface area contributed by atoms with Crippen molar-refractivity contribution in [2.45, 2.75) is 50.0 Å². The number of pyridine rings is 1. The second-order valence-electron chi connectivity index (χ2n) is 7.54. The summed E-state index contributed by atoms with van der Waals surface area (Å²) in [5.41, 5.74) is 0.388. The minimum atomic E-state index is -1.07. The van der Waals surface area contributed by atoms with Crippen molar-refractivity contribution in [2.75, 3.05) is 17.2 Å². The highest BCUT2D eigenvalue weighted by Crippen LogP contribution is 2.31. The van der Waals surface area contributed by atoms with Gasteiger partial charge in [-0.05, 0) is 37.8 Å². The molecule has 4 rings (SSSR count). The first-order chi connectivity index (χ1) is 13.6. The smallest absolute Gasteiger partial charge is 0.263 e. The molecule has 0 amide bonds. The minimum absolute atomic E-state index is 0. The zero-order valence-electron chi connectivity index (χ0n) is 15.8. The molecule has 0 aliphatic heterocycles. The average Bonchev–Trinajstić information content (AvgIpc) is 2.93. The van der Waals surface area contributed by atoms with Crippen LogP contribution in [0.2, 0.25) is 0 Å². The van der Waals surface area contributed by atoms with E-state index in [1.54, 1.807) is 24.4 Å². The fourth-order valence-electron chi connectivity index (χ4n) is 3.76. The van der Waals surface area contributed by atoms with Crippen LogP contribution in [0.25, 0.3) is 11.3 Å². The summed E-state index contributed by atoms with van der Waals surface area (Å²) in [5, 5.41) is 36.2. The van der Waals surface area contributed by atoms with Crippen LogP contribution in [0.3, 0.4) is 0 Å². The number of nitrogens with one attached hydrogen (secondary N) is 3. The van der Waals surface area contributed by atoms with E-state index in [0.717, 1.165) is 19.3 Å². The summed E-state index contributed by atoms with van der Waals surface area (Å²) in [6.07, 6.45) is 3.05. The molecule has 6 N–H and O–H groups in total. The summed E-state index contributed by atoms with van der Waals surface area (Å²) in [5.74, 6) is 0.225. The van der Waals surface area contributed by atoms with Crippen LogP contribution < -0.4 is 16.2 Å². The third kappa shape index (κ3) is 4.37. The predicted molar refractivity (Wildman–Crippen MR) is 111 cm³/mol. The molecule has 0 aromatic carbocycles. The summed E-state index contributed by atoms with van der Waals surface area (Å²) in [7, 11) is 0. The predicted octanol–water partition coefficient (Wildman–Crippen LogP) is 0.733. The van der Waals surface area contributed by atoms with E-state index in [1.807, 2.05) is 0 Å². The van der Waals surface area contributed by atoms with Crippen molar-refractivity contribution in [3.63, 3.8) is 0 Å². The molecule has 2 saturated carbocycles. The van der Waals surface area contributed by atoms with Crippen molar-refractivity contribution in [1.29, 1.82) is 0 Å². The molecule has 0 radical (unpaired) electrons. The molecular weight excluding hydrogens is 398 g/mol. The van der Waals surface area contributed by atoms with Crippen LogP contribution in [0.4, 0.5) is 11.8 Å². The Hall–Kier alpha value is -2.20. The number of aromatic amines is 1. The average molecular weight is 424 g/mol. The van der Waals surface area contributed by atoms with Gasteiger partial charge in [-0.2, -0.15) is 4.98 Å². The lowest BCUT2D eigenvalue weighted by molar-refractivity contribution is 0.00446. The van der Waals surface area contributed by atoms with Crippen molar-refractivity contribution in [3.8, 4) is 11.3 Å². The lowest BCUT2D eigenvalue weighted by Gasteiger charge is -2.27. The molecule has 0 unspecified atom stereocenters. The maximum Gasteiger partial charge on any atom is 0.263 e. The summed E-state index contributed by atoms with van der Waals surface area (Å²) in [6, 6.07) is 5.00. The molecule has 4 atom stereocenters. The summed E-state index contributed by atoms with van der Waals surface area (Å²) in [6.45, 7) is -0.221. The molecule has 0 bridgehead atoms. The zero-order chi connectivity index (χ0) is 19.7. The zero-order valence-corrected chi connectivity index (χ0v) is 16.6. The van der Waals surface area contributed by atoms with Crippen molar-refractivity contribution in [2.24, 2.45) is 5.92 Å². The highest BCUT2D eigenvalue weighted by Gasteiger charge is 2.41. The number of hydrogen-bond acceptors (Lipinski definition) is 8. The van der Waals surface area contributed by atoms with Crippen molar-refractivity contribution >= 4 is 24.2 Å². The molecule has 9 nitrogen and oxygen atoms in total. The van der Waals surface area contributed by atoms with E-state index in [4.69, 9.17) is 0 Å². The highest BCUT2D eigenvalue weighted by atomic mass is 35.5. The fourth-order valence-corrected chi connectivity index (χ4v) is 3.76. The maximum atomic E-state index is 12.8. The number of aromatic nitrogens is 3. The third-order valence-electron chi connectivity index (χ3n) is 5.64. The Balaban J connectivity index is 0.00000240. The lowest BCUT2D eigenvalue weighted by Crippen LogP contribution is -2.36. The van der Waals surface area contributed by atoms with Gasteiger partial charge in [0.25, 0.3) is 5.56 Å². The molecular formula is C19H26ClN5O4. The van der Waals surface area contributed by atoms with Gasteiger partial charge in [0.05, 0.1) is 17.8 Å². The van der Waals surface area contributed by atoms with Crippen LogP contribution in [-0.2, 0) is 0 Å². The standard InChI is InChI=1S/C19H25N5O4.ClH/c25-9-10-8-13(16(27)15(10)26)22-17-14(12-6-1-2-7-20-12)18(28)24-19(23-17)21-11-4-3-5-11;/h1-2,6-7,10-11,13,15-16,25-27H,3-5,8-9H2,(H3,21,22,23,24,28);1H/t10-,13-,15-,16+;/m1./s1. The molecule has 2 aromatic rings. The lowest BCUT2D eigenvalue weighted by atomic mass is 9.93. The number of hydrogen-bond donors (Lipinski definition) is 6. The Morgan fingerprint density at radius 2 is 1.97 bits per heavy atom. The van der Waals surface area contributed by atoms with Crippen molar-refractivity contribution < 1.29 is 15.3 Å². The number of nitrogens with zero attached hydrogens (tertiary/aromatic N) is 2. The van der Waals surface area contributed by atoms with Gasteiger partial charge in [0.2, 0.25) is 5.95 Å². The van der Waals surface area contributed by atoms with E-state index in [1.165, 1.54) is 0 Å². The van der Waals surface area contributed by atoms with E-state index < -0.39 is 24.2 Å². The minimum Gasteiger partial charge on any atom is -0.396 e. The van der Waals surface area contributed by atoms with E-state index in [9.17, 15) is 20.1 Å². The van der Waals surface area contributed by atoms with Gasteiger partial charge >= 0.3 is 0 Å². The molecule has 2 heterocycles. The summed E-state index contributed by atoms with van der Waals surface area (Å²) < 4.78 is 0. The Morgan fingerprint density at radius 1 is 1.17 bits per heavy atom. The second kappa shape index (κ2) is 9.08. The van der Waals surface area contributed by atoms with E-state index in [-0.39, 0.29) is 36.2 Å². The Morgan fingerprint density at radius 3 is 2.55 bits per heavy atom. The van der Waals surface area contributed by atoms with Gasteiger partial charge in [-0.25, -0.2) is 0 Å². The van der Waals surface area contributed by atoms with Gasteiger partial charge < -0.3 is 26.0 Å². The first kappa shape index (κ1) is 21.5. The highest BCUT2D eigenvalue weighted by molar-refractivity contribution is 5.85. The Bertz CT molecular complexity index is 877. The second-order valence-corrected chi connectivity index (χ2v) is 7.54. The number of halogens is 1. The largest absolute Gasteiger partial charge is 0.396 e. The van der Waals surface area contributed by atoms with E-state index in [2.05, 4.69) is 25.6 Å². The van der Waals surface area contributed by atoms with Crippen molar-refractivity contribution in [3.05, 3.63) is 34.7 Å². The molecule has 0 saturated heterocycles. The summed E-state index contributed by atoms with van der Waals surface area (Å²) >= 11 is 0. The van der Waals surface area contributed by atoms with Gasteiger partial charge in [0.15, 0.2) is 0 Å². The quantitative estimate of drug-likeness (QED) is 0.399. The number of H-pyrrole nitrogens is 1. The molecule has 29 heavy (non-hydrogen) atoms.